The first kappa shape index (κ1) is 14.8. The number of hydrogen-bond acceptors (Lipinski definition) is 2. The molecule has 0 radical (unpaired) electrons. The molecule has 1 saturated heterocycles. The highest BCUT2D eigenvalue weighted by atomic mass is 35.5. The summed E-state index contributed by atoms with van der Waals surface area (Å²) in [6, 6.07) is 8.18. The van der Waals surface area contributed by atoms with Crippen molar-refractivity contribution in [3.63, 3.8) is 0 Å². The summed E-state index contributed by atoms with van der Waals surface area (Å²) in [5, 5.41) is 10.9. The van der Waals surface area contributed by atoms with E-state index >= 15 is 0 Å². The van der Waals surface area contributed by atoms with E-state index in [-0.39, 0.29) is 0 Å². The fourth-order valence-corrected chi connectivity index (χ4v) is 3.06. The van der Waals surface area contributed by atoms with E-state index in [1.165, 1.54) is 12.8 Å². The molecule has 1 aliphatic rings. The van der Waals surface area contributed by atoms with Crippen molar-refractivity contribution in [2.45, 2.75) is 45.3 Å². The predicted octanol–water partition coefficient (Wildman–Crippen LogP) is 3.88. The quantitative estimate of drug-likeness (QED) is 0.905. The second-order valence-corrected chi connectivity index (χ2v) is 6.32. The third-order valence-corrected chi connectivity index (χ3v) is 4.41. The number of aliphatic hydroxyl groups is 1. The van der Waals surface area contributed by atoms with Crippen LogP contribution in [0, 0.1) is 5.92 Å². The lowest BCUT2D eigenvalue weighted by atomic mass is 9.94. The Morgan fingerprint density at radius 2 is 2.16 bits per heavy atom. The minimum Gasteiger partial charge on any atom is -0.388 e. The van der Waals surface area contributed by atoms with Crippen molar-refractivity contribution in [3.8, 4) is 0 Å². The van der Waals surface area contributed by atoms with Crippen LogP contribution in [0.15, 0.2) is 24.3 Å². The van der Waals surface area contributed by atoms with Gasteiger partial charge in [0.25, 0.3) is 0 Å². The maximum Gasteiger partial charge on any atom is 0.0802 e. The number of halogens is 1. The van der Waals surface area contributed by atoms with E-state index in [1.54, 1.807) is 0 Å². The lowest BCUT2D eigenvalue weighted by molar-refractivity contribution is 0.0907. The number of rotatable bonds is 4. The third kappa shape index (κ3) is 4.20. The summed E-state index contributed by atoms with van der Waals surface area (Å²) < 4.78 is 0. The minimum atomic E-state index is -0.414. The molecular formula is C16H24ClNO. The van der Waals surface area contributed by atoms with Gasteiger partial charge >= 0.3 is 0 Å². The van der Waals surface area contributed by atoms with E-state index < -0.39 is 6.10 Å². The van der Waals surface area contributed by atoms with Gasteiger partial charge < -0.3 is 10.0 Å². The molecule has 0 bridgehead atoms. The van der Waals surface area contributed by atoms with Gasteiger partial charge in [-0.2, -0.15) is 0 Å². The van der Waals surface area contributed by atoms with Crippen LogP contribution >= 0.6 is 11.6 Å². The molecular weight excluding hydrogens is 258 g/mol. The summed E-state index contributed by atoms with van der Waals surface area (Å²) in [5.74, 6) is 0.777. The average molecular weight is 282 g/mol. The summed E-state index contributed by atoms with van der Waals surface area (Å²) in [6.07, 6.45) is 2.96. The molecule has 1 heterocycles. The van der Waals surface area contributed by atoms with Gasteiger partial charge in [0.2, 0.25) is 0 Å². The predicted molar refractivity (Wildman–Crippen MR) is 80.5 cm³/mol. The molecule has 0 amide bonds. The molecule has 19 heavy (non-hydrogen) atoms. The zero-order chi connectivity index (χ0) is 13.8. The molecule has 0 spiro atoms. The van der Waals surface area contributed by atoms with E-state index in [1.807, 2.05) is 24.3 Å². The highest BCUT2D eigenvalue weighted by molar-refractivity contribution is 6.30. The standard InChI is InChI=1S/C16H24ClNO/c1-12-6-7-13(2)18(11-12)9-8-16(19)14-4-3-5-15(17)10-14/h3-5,10,12-13,16,19H,6-9,11H2,1-2H3. The van der Waals surface area contributed by atoms with Gasteiger partial charge in [0.1, 0.15) is 0 Å². The summed E-state index contributed by atoms with van der Waals surface area (Å²) in [5.41, 5.74) is 0.921. The molecule has 0 saturated carbocycles. The number of piperidine rings is 1. The number of nitrogens with zero attached hydrogens (tertiary/aromatic N) is 1. The van der Waals surface area contributed by atoms with Crippen LogP contribution in [-0.2, 0) is 0 Å². The van der Waals surface area contributed by atoms with Gasteiger partial charge in [-0.1, -0.05) is 30.7 Å². The van der Waals surface area contributed by atoms with Crippen molar-refractivity contribution in [2.75, 3.05) is 13.1 Å². The van der Waals surface area contributed by atoms with E-state index in [2.05, 4.69) is 18.7 Å². The molecule has 0 aliphatic carbocycles. The highest BCUT2D eigenvalue weighted by Crippen LogP contribution is 2.24. The molecule has 1 N–H and O–H groups in total. The molecule has 3 atom stereocenters. The van der Waals surface area contributed by atoms with E-state index in [4.69, 9.17) is 11.6 Å². The van der Waals surface area contributed by atoms with Crippen molar-refractivity contribution < 1.29 is 5.11 Å². The van der Waals surface area contributed by atoms with E-state index in [0.29, 0.717) is 11.1 Å². The Morgan fingerprint density at radius 1 is 1.37 bits per heavy atom. The summed E-state index contributed by atoms with van der Waals surface area (Å²) in [7, 11) is 0. The van der Waals surface area contributed by atoms with Crippen molar-refractivity contribution in [1.82, 2.24) is 4.90 Å². The topological polar surface area (TPSA) is 23.5 Å². The second-order valence-electron chi connectivity index (χ2n) is 5.89. The zero-order valence-corrected chi connectivity index (χ0v) is 12.6. The normalized spacial score (nSPS) is 26.3. The maximum atomic E-state index is 10.2. The maximum absolute atomic E-state index is 10.2. The second kappa shape index (κ2) is 6.74. The Hall–Kier alpha value is -0.570. The molecule has 3 heteroatoms. The molecule has 0 aromatic heterocycles. The van der Waals surface area contributed by atoms with E-state index in [0.717, 1.165) is 31.0 Å². The Kier molecular flexibility index (Phi) is 5.26. The Balaban J connectivity index is 1.87. The van der Waals surface area contributed by atoms with Crippen LogP contribution in [-0.4, -0.2) is 29.1 Å². The van der Waals surface area contributed by atoms with Crippen LogP contribution in [0.3, 0.4) is 0 Å². The summed E-state index contributed by atoms with van der Waals surface area (Å²) in [4.78, 5) is 2.50. The lowest BCUT2D eigenvalue weighted by Crippen LogP contribution is -2.41. The molecule has 1 aromatic carbocycles. The van der Waals surface area contributed by atoms with Gasteiger partial charge in [0.05, 0.1) is 6.10 Å². The first-order chi connectivity index (χ1) is 9.06. The van der Waals surface area contributed by atoms with Crippen LogP contribution in [0.5, 0.6) is 0 Å². The summed E-state index contributed by atoms with van der Waals surface area (Å²) in [6.45, 7) is 6.71. The van der Waals surface area contributed by atoms with Gasteiger partial charge in [-0.05, 0) is 49.8 Å². The first-order valence-corrected chi connectivity index (χ1v) is 7.61. The fourth-order valence-electron chi connectivity index (χ4n) is 2.86. The van der Waals surface area contributed by atoms with E-state index in [9.17, 15) is 5.11 Å². The van der Waals surface area contributed by atoms with Crippen LogP contribution in [0.2, 0.25) is 5.02 Å². The van der Waals surface area contributed by atoms with Crippen molar-refractivity contribution >= 4 is 11.6 Å². The van der Waals surface area contributed by atoms with Crippen LogP contribution in [0.4, 0.5) is 0 Å². The van der Waals surface area contributed by atoms with Gasteiger partial charge in [0.15, 0.2) is 0 Å². The molecule has 1 fully saturated rings. The van der Waals surface area contributed by atoms with Crippen LogP contribution in [0.1, 0.15) is 44.8 Å². The smallest absolute Gasteiger partial charge is 0.0802 e. The SMILES string of the molecule is CC1CCC(C)N(CCC(O)c2cccc(Cl)c2)C1. The van der Waals surface area contributed by atoms with Gasteiger partial charge in [-0.3, -0.25) is 0 Å². The van der Waals surface area contributed by atoms with Crippen molar-refractivity contribution in [2.24, 2.45) is 5.92 Å². The van der Waals surface area contributed by atoms with Crippen LogP contribution in [0.25, 0.3) is 0 Å². The average Bonchev–Trinajstić information content (AvgIpc) is 2.39. The lowest BCUT2D eigenvalue weighted by Gasteiger charge is -2.37. The third-order valence-electron chi connectivity index (χ3n) is 4.17. The fraction of sp³-hybridized carbons (Fsp3) is 0.625. The molecule has 1 aromatic rings. The van der Waals surface area contributed by atoms with Crippen LogP contribution < -0.4 is 0 Å². The largest absolute Gasteiger partial charge is 0.388 e. The van der Waals surface area contributed by atoms with Gasteiger partial charge in [-0.15, -0.1) is 0 Å². The Bertz CT molecular complexity index is 409. The van der Waals surface area contributed by atoms with Crippen molar-refractivity contribution in [3.05, 3.63) is 34.9 Å². The monoisotopic (exact) mass is 281 g/mol. The summed E-state index contributed by atoms with van der Waals surface area (Å²) >= 11 is 5.96. The minimum absolute atomic E-state index is 0.414. The number of benzene rings is 1. The molecule has 2 rings (SSSR count). The molecule has 2 nitrogen and oxygen atoms in total. The van der Waals surface area contributed by atoms with Crippen molar-refractivity contribution in [1.29, 1.82) is 0 Å². The number of hydrogen-bond donors (Lipinski definition) is 1. The highest BCUT2D eigenvalue weighted by Gasteiger charge is 2.23. The Labute approximate surface area is 121 Å². The molecule has 1 aliphatic heterocycles. The number of aliphatic hydroxyl groups excluding tert-OH is 1. The molecule has 3 unspecified atom stereocenters. The number of likely N-dealkylation sites (tertiary alicyclic amines) is 1. The van der Waals surface area contributed by atoms with Gasteiger partial charge in [-0.25, -0.2) is 0 Å². The zero-order valence-electron chi connectivity index (χ0n) is 11.8. The van der Waals surface area contributed by atoms with Gasteiger partial charge in [0, 0.05) is 24.2 Å². The molecule has 106 valence electrons. The first-order valence-electron chi connectivity index (χ1n) is 7.24. The Morgan fingerprint density at radius 3 is 2.89 bits per heavy atom.